The number of H-pyrrole nitrogens is 1. The van der Waals surface area contributed by atoms with Crippen LogP contribution in [0.4, 0.5) is 13.2 Å². The van der Waals surface area contributed by atoms with Crippen molar-refractivity contribution in [2.45, 2.75) is 25.4 Å². The molecular weight excluding hydrogens is 409 g/mol. The van der Waals surface area contributed by atoms with Gasteiger partial charge in [0.1, 0.15) is 5.75 Å². The van der Waals surface area contributed by atoms with Crippen LogP contribution in [0.5, 0.6) is 5.75 Å². The Kier molecular flexibility index (Phi) is 4.79. The van der Waals surface area contributed by atoms with Gasteiger partial charge in [-0.15, -0.1) is 24.5 Å². The van der Waals surface area contributed by atoms with Crippen LogP contribution in [0.2, 0.25) is 0 Å². The number of aromatic nitrogens is 1. The van der Waals surface area contributed by atoms with Crippen LogP contribution in [-0.4, -0.2) is 22.8 Å². The fourth-order valence-corrected chi connectivity index (χ4v) is 5.17. The topological polar surface area (TPSA) is 28.3 Å². The lowest BCUT2D eigenvalue weighted by Gasteiger charge is -2.36. The van der Waals surface area contributed by atoms with Gasteiger partial charge in [0.25, 0.3) is 0 Å². The zero-order chi connectivity index (χ0) is 20.7. The van der Waals surface area contributed by atoms with Gasteiger partial charge < -0.3 is 9.72 Å². The van der Waals surface area contributed by atoms with Gasteiger partial charge in [0.15, 0.2) is 0 Å². The molecule has 1 aliphatic heterocycles. The highest BCUT2D eigenvalue weighted by Gasteiger charge is 2.32. The summed E-state index contributed by atoms with van der Waals surface area (Å²) < 4.78 is 41.6. The first-order valence-corrected chi connectivity index (χ1v) is 10.6. The number of para-hydroxylation sites is 1. The molecule has 1 aliphatic rings. The zero-order valence-electron chi connectivity index (χ0n) is 15.9. The molecule has 2 aromatic heterocycles. The molecule has 5 rings (SSSR count). The lowest BCUT2D eigenvalue weighted by molar-refractivity contribution is -0.274. The molecule has 3 nitrogen and oxygen atoms in total. The smallest absolute Gasteiger partial charge is 0.406 e. The molecule has 154 valence electrons. The molecule has 0 saturated heterocycles. The molecule has 1 atom stereocenters. The summed E-state index contributed by atoms with van der Waals surface area (Å²) in [5.74, 6) is -0.198. The number of nitrogens with zero attached hydrogens (tertiary/aromatic N) is 1. The van der Waals surface area contributed by atoms with Crippen molar-refractivity contribution in [1.29, 1.82) is 0 Å². The van der Waals surface area contributed by atoms with Crippen molar-refractivity contribution in [3.63, 3.8) is 0 Å². The van der Waals surface area contributed by atoms with Gasteiger partial charge >= 0.3 is 6.36 Å². The number of thiophene rings is 1. The Labute approximate surface area is 175 Å². The van der Waals surface area contributed by atoms with E-state index in [1.54, 1.807) is 23.5 Å². The van der Waals surface area contributed by atoms with Gasteiger partial charge in [-0.3, -0.25) is 4.90 Å². The number of benzene rings is 2. The number of aromatic amines is 1. The minimum absolute atomic E-state index is 0.00593. The van der Waals surface area contributed by atoms with Crippen LogP contribution in [-0.2, 0) is 13.0 Å². The van der Waals surface area contributed by atoms with Crippen LogP contribution in [0.1, 0.15) is 27.6 Å². The van der Waals surface area contributed by atoms with Gasteiger partial charge in [0, 0.05) is 35.1 Å². The Morgan fingerprint density at radius 1 is 1.07 bits per heavy atom. The number of ether oxygens (including phenoxy) is 1. The Morgan fingerprint density at radius 2 is 1.87 bits per heavy atom. The van der Waals surface area contributed by atoms with E-state index < -0.39 is 6.36 Å². The number of alkyl halides is 3. The van der Waals surface area contributed by atoms with E-state index in [0.29, 0.717) is 0 Å². The zero-order valence-corrected chi connectivity index (χ0v) is 16.8. The standard InChI is InChI=1S/C23H19F3N2OS/c24-23(25,26)29-17-7-5-15(6-8-17)22-19-10-12-30-21(19)9-11-28(22)14-16-13-27-20-4-2-1-3-18(16)20/h1-8,10,12-13,22,27H,9,11,14H2. The van der Waals surface area contributed by atoms with Gasteiger partial charge in [-0.05, 0) is 52.8 Å². The highest BCUT2D eigenvalue weighted by molar-refractivity contribution is 7.10. The lowest BCUT2D eigenvalue weighted by atomic mass is 9.92. The second-order valence-corrected chi connectivity index (χ2v) is 8.40. The van der Waals surface area contributed by atoms with E-state index in [-0.39, 0.29) is 11.8 Å². The van der Waals surface area contributed by atoms with Crippen LogP contribution < -0.4 is 4.74 Å². The first-order chi connectivity index (χ1) is 14.5. The summed E-state index contributed by atoms with van der Waals surface area (Å²) in [6.07, 6.45) is -1.67. The Bertz CT molecular complexity index is 1160. The maximum Gasteiger partial charge on any atom is 0.573 e. The summed E-state index contributed by atoms with van der Waals surface area (Å²) in [5.41, 5.74) is 4.51. The molecule has 7 heteroatoms. The van der Waals surface area contributed by atoms with Crippen LogP contribution in [0.25, 0.3) is 10.9 Å². The molecule has 0 spiro atoms. The van der Waals surface area contributed by atoms with Crippen LogP contribution in [0.15, 0.2) is 66.2 Å². The van der Waals surface area contributed by atoms with Crippen LogP contribution in [0.3, 0.4) is 0 Å². The predicted octanol–water partition coefficient (Wildman–Crippen LogP) is 6.28. The molecule has 2 aromatic carbocycles. The lowest BCUT2D eigenvalue weighted by Crippen LogP contribution is -2.34. The molecule has 0 bridgehead atoms. The van der Waals surface area contributed by atoms with E-state index in [4.69, 9.17) is 0 Å². The molecule has 0 amide bonds. The number of fused-ring (bicyclic) bond motifs is 2. The second-order valence-electron chi connectivity index (χ2n) is 7.40. The van der Waals surface area contributed by atoms with Crippen molar-refractivity contribution >= 4 is 22.2 Å². The molecular formula is C23H19F3N2OS. The third kappa shape index (κ3) is 3.70. The third-order valence-electron chi connectivity index (χ3n) is 5.54. The fourth-order valence-electron chi connectivity index (χ4n) is 4.26. The third-order valence-corrected chi connectivity index (χ3v) is 6.54. The molecule has 0 saturated carbocycles. The van der Waals surface area contributed by atoms with Crippen molar-refractivity contribution < 1.29 is 17.9 Å². The summed E-state index contributed by atoms with van der Waals surface area (Å²) in [7, 11) is 0. The minimum atomic E-state index is -4.69. The first-order valence-electron chi connectivity index (χ1n) is 9.69. The van der Waals surface area contributed by atoms with E-state index in [1.165, 1.54) is 33.5 Å². The Balaban J connectivity index is 1.48. The fraction of sp³-hybridized carbons (Fsp3) is 0.217. The van der Waals surface area contributed by atoms with Crippen molar-refractivity contribution in [2.24, 2.45) is 0 Å². The van der Waals surface area contributed by atoms with E-state index in [9.17, 15) is 13.2 Å². The van der Waals surface area contributed by atoms with Crippen LogP contribution >= 0.6 is 11.3 Å². The maximum absolute atomic E-state index is 12.5. The van der Waals surface area contributed by atoms with Crippen molar-refractivity contribution in [3.05, 3.63) is 87.7 Å². The highest BCUT2D eigenvalue weighted by Crippen LogP contribution is 2.39. The molecule has 1 unspecified atom stereocenters. The van der Waals surface area contributed by atoms with Gasteiger partial charge in [0.2, 0.25) is 0 Å². The molecule has 4 aromatic rings. The molecule has 0 radical (unpaired) electrons. The van der Waals surface area contributed by atoms with Gasteiger partial charge in [-0.2, -0.15) is 0 Å². The maximum atomic E-state index is 12.5. The number of nitrogens with one attached hydrogen (secondary N) is 1. The van der Waals surface area contributed by atoms with E-state index in [1.807, 2.05) is 18.3 Å². The number of rotatable bonds is 4. The minimum Gasteiger partial charge on any atom is -0.406 e. The van der Waals surface area contributed by atoms with E-state index >= 15 is 0 Å². The van der Waals surface area contributed by atoms with Gasteiger partial charge in [-0.1, -0.05) is 30.3 Å². The van der Waals surface area contributed by atoms with Crippen molar-refractivity contribution in [3.8, 4) is 5.75 Å². The molecule has 30 heavy (non-hydrogen) atoms. The predicted molar refractivity (Wildman–Crippen MR) is 112 cm³/mol. The number of halogens is 3. The average molecular weight is 428 g/mol. The summed E-state index contributed by atoms with van der Waals surface area (Å²) in [4.78, 5) is 7.06. The summed E-state index contributed by atoms with van der Waals surface area (Å²) in [6.45, 7) is 1.64. The number of hydrogen-bond acceptors (Lipinski definition) is 3. The van der Waals surface area contributed by atoms with Crippen LogP contribution in [0, 0.1) is 0 Å². The second kappa shape index (κ2) is 7.49. The van der Waals surface area contributed by atoms with Gasteiger partial charge in [-0.25, -0.2) is 0 Å². The van der Waals surface area contributed by atoms with Crippen molar-refractivity contribution in [1.82, 2.24) is 9.88 Å². The van der Waals surface area contributed by atoms with Crippen molar-refractivity contribution in [2.75, 3.05) is 6.54 Å². The monoisotopic (exact) mass is 428 g/mol. The normalized spacial score (nSPS) is 17.2. The molecule has 1 N–H and O–H groups in total. The first kappa shape index (κ1) is 19.2. The Hall–Kier alpha value is -2.77. The summed E-state index contributed by atoms with van der Waals surface area (Å²) >= 11 is 1.74. The SMILES string of the molecule is FC(F)(F)Oc1ccc(C2c3ccsc3CCN2Cc2c[nH]c3ccccc23)cc1. The van der Waals surface area contributed by atoms with E-state index in [2.05, 4.69) is 38.2 Å². The molecule has 3 heterocycles. The molecule has 0 fully saturated rings. The largest absolute Gasteiger partial charge is 0.573 e. The average Bonchev–Trinajstić information content (AvgIpc) is 3.35. The number of hydrogen-bond donors (Lipinski definition) is 1. The summed E-state index contributed by atoms with van der Waals surface area (Å²) in [6, 6.07) is 16.6. The van der Waals surface area contributed by atoms with Gasteiger partial charge in [0.05, 0.1) is 6.04 Å². The summed E-state index contributed by atoms with van der Waals surface area (Å²) in [5, 5.41) is 3.29. The Morgan fingerprint density at radius 3 is 2.67 bits per heavy atom. The highest BCUT2D eigenvalue weighted by atomic mass is 32.1. The van der Waals surface area contributed by atoms with E-state index in [0.717, 1.165) is 30.6 Å². The quantitative estimate of drug-likeness (QED) is 0.415. The molecule has 0 aliphatic carbocycles.